The van der Waals surface area contributed by atoms with Crippen LogP contribution in [0.4, 0.5) is 4.39 Å². The lowest BCUT2D eigenvalue weighted by Crippen LogP contribution is -2.05. The third kappa shape index (κ3) is 1.81. The lowest BCUT2D eigenvalue weighted by Gasteiger charge is -2.07. The zero-order valence-electron chi connectivity index (χ0n) is 9.73. The number of pyridine rings is 1. The minimum absolute atomic E-state index is 0.0172. The molecular weight excluding hydrogens is 241 g/mol. The molecule has 0 atom stereocenters. The predicted molar refractivity (Wildman–Crippen MR) is 61.3 cm³/mol. The summed E-state index contributed by atoms with van der Waals surface area (Å²) in [5, 5.41) is 9.92. The highest BCUT2D eigenvalue weighted by Crippen LogP contribution is 2.30. The highest BCUT2D eigenvalue weighted by molar-refractivity contribution is 5.94. The fraction of sp³-hybridized carbons (Fsp3) is 0.167. The molecule has 0 saturated carbocycles. The molecule has 0 fully saturated rings. The number of hydrogen-bond acceptors (Lipinski definition) is 5. The third-order valence-electron chi connectivity index (χ3n) is 2.48. The van der Waals surface area contributed by atoms with Gasteiger partial charge in [0.05, 0.1) is 14.2 Å². The number of methoxy groups -OCH3 is 2. The molecule has 0 amide bonds. The first-order valence-electron chi connectivity index (χ1n) is 5.03. The van der Waals surface area contributed by atoms with E-state index in [-0.39, 0.29) is 28.1 Å². The van der Waals surface area contributed by atoms with Crippen LogP contribution in [0.25, 0.3) is 10.9 Å². The molecule has 94 valence electrons. The van der Waals surface area contributed by atoms with Gasteiger partial charge in [0.2, 0.25) is 0 Å². The van der Waals surface area contributed by atoms with Gasteiger partial charge < -0.3 is 14.6 Å². The SMILES string of the molecule is COC(=O)c1cc(O)c2ccc(OC)c(F)c2n1. The average molecular weight is 251 g/mol. The van der Waals surface area contributed by atoms with Gasteiger partial charge in [0, 0.05) is 11.5 Å². The van der Waals surface area contributed by atoms with E-state index in [0.717, 1.165) is 6.07 Å². The number of nitrogens with zero attached hydrogens (tertiary/aromatic N) is 1. The van der Waals surface area contributed by atoms with E-state index in [9.17, 15) is 14.3 Å². The Morgan fingerprint density at radius 1 is 1.39 bits per heavy atom. The fourth-order valence-corrected chi connectivity index (χ4v) is 1.59. The van der Waals surface area contributed by atoms with Crippen LogP contribution in [0.15, 0.2) is 18.2 Å². The second kappa shape index (κ2) is 4.48. The maximum atomic E-state index is 13.9. The van der Waals surface area contributed by atoms with Gasteiger partial charge in [-0.15, -0.1) is 0 Å². The first kappa shape index (κ1) is 12.1. The number of esters is 1. The van der Waals surface area contributed by atoms with Crippen molar-refractivity contribution in [2.45, 2.75) is 0 Å². The van der Waals surface area contributed by atoms with E-state index < -0.39 is 11.8 Å². The Kier molecular flexibility index (Phi) is 3.01. The monoisotopic (exact) mass is 251 g/mol. The van der Waals surface area contributed by atoms with Gasteiger partial charge in [-0.3, -0.25) is 0 Å². The molecule has 1 aromatic heterocycles. The van der Waals surface area contributed by atoms with Gasteiger partial charge in [-0.25, -0.2) is 14.2 Å². The van der Waals surface area contributed by atoms with Crippen LogP contribution in [-0.4, -0.2) is 30.3 Å². The Morgan fingerprint density at radius 3 is 2.72 bits per heavy atom. The minimum atomic E-state index is -0.755. The molecule has 1 heterocycles. The highest BCUT2D eigenvalue weighted by atomic mass is 19.1. The summed E-state index contributed by atoms with van der Waals surface area (Å²) in [4.78, 5) is 15.2. The molecule has 0 spiro atoms. The molecule has 0 aliphatic carbocycles. The van der Waals surface area contributed by atoms with Crippen LogP contribution in [0.5, 0.6) is 11.5 Å². The molecule has 0 saturated heterocycles. The molecule has 5 nitrogen and oxygen atoms in total. The van der Waals surface area contributed by atoms with E-state index in [2.05, 4.69) is 9.72 Å². The van der Waals surface area contributed by atoms with Crippen molar-refractivity contribution in [1.82, 2.24) is 4.98 Å². The summed E-state index contributed by atoms with van der Waals surface area (Å²) >= 11 is 0. The number of rotatable bonds is 2. The Hall–Kier alpha value is -2.37. The zero-order chi connectivity index (χ0) is 13.3. The quantitative estimate of drug-likeness (QED) is 0.825. The molecule has 0 aliphatic heterocycles. The van der Waals surface area contributed by atoms with Crippen molar-refractivity contribution in [3.63, 3.8) is 0 Å². The number of carbonyl (C=O) groups excluding carboxylic acids is 1. The number of aromatic hydroxyl groups is 1. The van der Waals surface area contributed by atoms with E-state index in [1.807, 2.05) is 0 Å². The van der Waals surface area contributed by atoms with Crippen LogP contribution >= 0.6 is 0 Å². The standard InChI is InChI=1S/C12H10FNO4/c1-17-9-4-3-6-8(15)5-7(12(16)18-2)14-11(6)10(9)13/h3-5H,1-2H3,(H,14,15). The van der Waals surface area contributed by atoms with Crippen LogP contribution in [0.2, 0.25) is 0 Å². The molecule has 0 aliphatic rings. The lowest BCUT2D eigenvalue weighted by atomic mass is 10.1. The van der Waals surface area contributed by atoms with Crippen LogP contribution in [0.1, 0.15) is 10.5 Å². The molecule has 2 rings (SSSR count). The van der Waals surface area contributed by atoms with Crippen molar-refractivity contribution in [3.8, 4) is 11.5 Å². The summed E-state index contributed by atoms with van der Waals surface area (Å²) < 4.78 is 23.2. The van der Waals surface area contributed by atoms with E-state index in [0.29, 0.717) is 0 Å². The number of halogens is 1. The smallest absolute Gasteiger partial charge is 0.356 e. The molecule has 18 heavy (non-hydrogen) atoms. The molecule has 0 bridgehead atoms. The Bertz CT molecular complexity index is 627. The first-order chi connectivity index (χ1) is 8.58. The number of aromatic nitrogens is 1. The number of fused-ring (bicyclic) bond motifs is 1. The number of hydrogen-bond donors (Lipinski definition) is 1. The van der Waals surface area contributed by atoms with Crippen molar-refractivity contribution in [3.05, 3.63) is 29.7 Å². The van der Waals surface area contributed by atoms with Gasteiger partial charge in [0.15, 0.2) is 17.3 Å². The van der Waals surface area contributed by atoms with E-state index in [1.165, 1.54) is 26.4 Å². The minimum Gasteiger partial charge on any atom is -0.507 e. The van der Waals surface area contributed by atoms with Crippen molar-refractivity contribution >= 4 is 16.9 Å². The molecular formula is C12H10FNO4. The summed E-state index contributed by atoms with van der Waals surface area (Å²) in [5.74, 6) is -1.76. The van der Waals surface area contributed by atoms with Crippen molar-refractivity contribution in [2.24, 2.45) is 0 Å². The molecule has 1 N–H and O–H groups in total. The molecule has 1 aromatic carbocycles. The maximum absolute atomic E-state index is 13.9. The van der Waals surface area contributed by atoms with Crippen molar-refractivity contribution in [1.29, 1.82) is 0 Å². The maximum Gasteiger partial charge on any atom is 0.356 e. The predicted octanol–water partition coefficient (Wildman–Crippen LogP) is 1.87. The number of carbonyl (C=O) groups is 1. The molecule has 0 radical (unpaired) electrons. The Labute approximate surface area is 102 Å². The second-order valence-corrected chi connectivity index (χ2v) is 3.50. The summed E-state index contributed by atoms with van der Waals surface area (Å²) in [5.41, 5.74) is -0.315. The van der Waals surface area contributed by atoms with Gasteiger partial charge >= 0.3 is 5.97 Å². The first-order valence-corrected chi connectivity index (χ1v) is 5.03. The third-order valence-corrected chi connectivity index (χ3v) is 2.48. The van der Waals surface area contributed by atoms with Gasteiger partial charge in [0.1, 0.15) is 11.3 Å². The van der Waals surface area contributed by atoms with Crippen LogP contribution < -0.4 is 4.74 Å². The topological polar surface area (TPSA) is 68.7 Å². The van der Waals surface area contributed by atoms with Gasteiger partial charge in [-0.2, -0.15) is 0 Å². The van der Waals surface area contributed by atoms with Gasteiger partial charge in [-0.1, -0.05) is 0 Å². The second-order valence-electron chi connectivity index (χ2n) is 3.50. The zero-order valence-corrected chi connectivity index (χ0v) is 9.73. The Balaban J connectivity index is 2.76. The number of ether oxygens (including phenoxy) is 2. The molecule has 2 aromatic rings. The van der Waals surface area contributed by atoms with Gasteiger partial charge in [-0.05, 0) is 12.1 Å². The summed E-state index contributed by atoms with van der Waals surface area (Å²) in [6, 6.07) is 3.96. The van der Waals surface area contributed by atoms with Crippen LogP contribution in [-0.2, 0) is 4.74 Å². The molecule has 6 heteroatoms. The average Bonchev–Trinajstić information content (AvgIpc) is 2.38. The van der Waals surface area contributed by atoms with Crippen LogP contribution in [0.3, 0.4) is 0 Å². The lowest BCUT2D eigenvalue weighted by molar-refractivity contribution is 0.0594. The number of benzene rings is 1. The Morgan fingerprint density at radius 2 is 2.11 bits per heavy atom. The normalized spacial score (nSPS) is 10.4. The van der Waals surface area contributed by atoms with E-state index in [1.54, 1.807) is 0 Å². The summed E-state index contributed by atoms with van der Waals surface area (Å²) in [6.07, 6.45) is 0. The fourth-order valence-electron chi connectivity index (χ4n) is 1.59. The molecule has 0 unspecified atom stereocenters. The largest absolute Gasteiger partial charge is 0.507 e. The van der Waals surface area contributed by atoms with Gasteiger partial charge in [0.25, 0.3) is 0 Å². The van der Waals surface area contributed by atoms with Crippen molar-refractivity contribution in [2.75, 3.05) is 14.2 Å². The highest BCUT2D eigenvalue weighted by Gasteiger charge is 2.16. The van der Waals surface area contributed by atoms with E-state index in [4.69, 9.17) is 4.74 Å². The van der Waals surface area contributed by atoms with Crippen molar-refractivity contribution < 1.29 is 23.8 Å². The van der Waals surface area contributed by atoms with E-state index >= 15 is 0 Å². The summed E-state index contributed by atoms with van der Waals surface area (Å²) in [6.45, 7) is 0. The van der Waals surface area contributed by atoms with Crippen LogP contribution in [0, 0.1) is 5.82 Å². The summed E-state index contributed by atoms with van der Waals surface area (Å²) in [7, 11) is 2.49.